The lowest BCUT2D eigenvalue weighted by atomic mass is 10.2. The summed E-state index contributed by atoms with van der Waals surface area (Å²) in [6, 6.07) is 13.9. The third-order valence-corrected chi connectivity index (χ3v) is 4.01. The lowest BCUT2D eigenvalue weighted by Gasteiger charge is -2.16. The van der Waals surface area contributed by atoms with Gasteiger partial charge in [0.25, 0.3) is 0 Å². The van der Waals surface area contributed by atoms with Gasteiger partial charge in [0.15, 0.2) is 0 Å². The van der Waals surface area contributed by atoms with Crippen LogP contribution in [0.3, 0.4) is 0 Å². The number of hydrogen-bond acceptors (Lipinski definition) is 4. The van der Waals surface area contributed by atoms with Crippen molar-refractivity contribution in [3.05, 3.63) is 54.1 Å². The van der Waals surface area contributed by atoms with Gasteiger partial charge in [-0.15, -0.1) is 11.8 Å². The van der Waals surface area contributed by atoms with Gasteiger partial charge in [0, 0.05) is 21.8 Å². The zero-order chi connectivity index (χ0) is 16.8. The third kappa shape index (κ3) is 4.75. The van der Waals surface area contributed by atoms with Crippen LogP contribution in [0.25, 0.3) is 0 Å². The van der Waals surface area contributed by atoms with Crippen LogP contribution in [0, 0.1) is 0 Å². The van der Waals surface area contributed by atoms with Gasteiger partial charge < -0.3 is 16.4 Å². The number of hydrogen-bond donors (Lipinski definition) is 3. The average molecular weight is 329 g/mol. The van der Waals surface area contributed by atoms with E-state index >= 15 is 0 Å². The SMILES string of the molecule is CSc1cccc(N[C@H](C)C(=O)Nc2ccc(C(N)=O)cc2)c1. The average Bonchev–Trinajstić information content (AvgIpc) is 2.55. The molecule has 1 atom stereocenters. The molecule has 0 fully saturated rings. The Balaban J connectivity index is 1.97. The van der Waals surface area contributed by atoms with E-state index < -0.39 is 11.9 Å². The second kappa shape index (κ2) is 7.69. The van der Waals surface area contributed by atoms with Crippen molar-refractivity contribution in [2.75, 3.05) is 16.9 Å². The largest absolute Gasteiger partial charge is 0.374 e. The van der Waals surface area contributed by atoms with Crippen LogP contribution < -0.4 is 16.4 Å². The number of thioether (sulfide) groups is 1. The van der Waals surface area contributed by atoms with Crippen molar-refractivity contribution >= 4 is 35.0 Å². The van der Waals surface area contributed by atoms with E-state index in [9.17, 15) is 9.59 Å². The Morgan fingerprint density at radius 2 is 1.78 bits per heavy atom. The lowest BCUT2D eigenvalue weighted by molar-refractivity contribution is -0.116. The van der Waals surface area contributed by atoms with Crippen molar-refractivity contribution in [3.63, 3.8) is 0 Å². The summed E-state index contributed by atoms with van der Waals surface area (Å²) in [4.78, 5) is 24.4. The van der Waals surface area contributed by atoms with Crippen LogP contribution in [0.5, 0.6) is 0 Å². The van der Waals surface area contributed by atoms with Crippen molar-refractivity contribution in [2.24, 2.45) is 5.73 Å². The zero-order valence-electron chi connectivity index (χ0n) is 13.0. The number of benzene rings is 2. The molecular formula is C17H19N3O2S. The summed E-state index contributed by atoms with van der Waals surface area (Å²) >= 11 is 1.65. The van der Waals surface area contributed by atoms with Crippen LogP contribution in [0.1, 0.15) is 17.3 Å². The molecule has 120 valence electrons. The predicted octanol–water partition coefficient (Wildman–Crippen LogP) is 2.95. The maximum absolute atomic E-state index is 12.2. The van der Waals surface area contributed by atoms with Crippen LogP contribution in [-0.4, -0.2) is 24.1 Å². The minimum atomic E-state index is -0.494. The molecule has 2 rings (SSSR count). The number of primary amides is 1. The van der Waals surface area contributed by atoms with Crippen LogP contribution in [-0.2, 0) is 4.79 Å². The number of nitrogens with one attached hydrogen (secondary N) is 2. The van der Waals surface area contributed by atoms with Crippen molar-refractivity contribution < 1.29 is 9.59 Å². The zero-order valence-corrected chi connectivity index (χ0v) is 13.8. The van der Waals surface area contributed by atoms with Crippen molar-refractivity contribution in [1.29, 1.82) is 0 Å². The Kier molecular flexibility index (Phi) is 5.65. The van der Waals surface area contributed by atoms with Crippen molar-refractivity contribution in [3.8, 4) is 0 Å². The van der Waals surface area contributed by atoms with E-state index in [2.05, 4.69) is 10.6 Å². The summed E-state index contributed by atoms with van der Waals surface area (Å²) < 4.78 is 0. The number of nitrogens with two attached hydrogens (primary N) is 1. The topological polar surface area (TPSA) is 84.2 Å². The first-order chi connectivity index (χ1) is 11.0. The second-order valence-electron chi connectivity index (χ2n) is 5.03. The highest BCUT2D eigenvalue weighted by molar-refractivity contribution is 7.98. The number of carbonyl (C=O) groups is 2. The molecule has 0 bridgehead atoms. The molecule has 0 saturated carbocycles. The minimum absolute atomic E-state index is 0.161. The first-order valence-electron chi connectivity index (χ1n) is 7.11. The molecule has 0 aliphatic heterocycles. The Labute approximate surface area is 139 Å². The monoisotopic (exact) mass is 329 g/mol. The molecule has 23 heavy (non-hydrogen) atoms. The molecule has 0 aromatic heterocycles. The maximum Gasteiger partial charge on any atom is 0.248 e. The molecule has 6 heteroatoms. The summed E-state index contributed by atoms with van der Waals surface area (Å²) in [6.45, 7) is 1.79. The molecule has 0 spiro atoms. The highest BCUT2D eigenvalue weighted by Gasteiger charge is 2.13. The van der Waals surface area contributed by atoms with Crippen molar-refractivity contribution in [2.45, 2.75) is 17.9 Å². The summed E-state index contributed by atoms with van der Waals surface area (Å²) in [7, 11) is 0. The first kappa shape index (κ1) is 16.9. The quantitative estimate of drug-likeness (QED) is 0.711. The van der Waals surface area contributed by atoms with Gasteiger partial charge in [-0.1, -0.05) is 6.07 Å². The molecule has 0 heterocycles. The van der Waals surface area contributed by atoms with Crippen molar-refractivity contribution in [1.82, 2.24) is 0 Å². The molecule has 0 aliphatic rings. The number of anilines is 2. The van der Waals surface area contributed by atoms with E-state index in [0.717, 1.165) is 10.6 Å². The molecule has 0 saturated heterocycles. The molecule has 2 aromatic rings. The fraction of sp³-hybridized carbons (Fsp3) is 0.176. The first-order valence-corrected chi connectivity index (χ1v) is 8.33. The standard InChI is InChI=1S/C17H19N3O2S/c1-11(19-14-4-3-5-15(10-14)23-2)17(22)20-13-8-6-12(7-9-13)16(18)21/h3-11,19H,1-2H3,(H2,18,21)(H,20,22)/t11-/m1/s1. The van der Waals surface area contributed by atoms with Crippen LogP contribution in [0.4, 0.5) is 11.4 Å². The molecule has 0 aliphatic carbocycles. The smallest absolute Gasteiger partial charge is 0.248 e. The van der Waals surface area contributed by atoms with E-state index in [1.54, 1.807) is 43.0 Å². The number of carbonyl (C=O) groups excluding carboxylic acids is 2. The molecule has 0 unspecified atom stereocenters. The Morgan fingerprint density at radius 1 is 1.09 bits per heavy atom. The van der Waals surface area contributed by atoms with Gasteiger partial charge in [0.2, 0.25) is 11.8 Å². The molecule has 2 aromatic carbocycles. The second-order valence-corrected chi connectivity index (χ2v) is 5.91. The fourth-order valence-electron chi connectivity index (χ4n) is 2.00. The van der Waals surface area contributed by atoms with E-state index in [1.165, 1.54) is 0 Å². The molecule has 2 amide bonds. The maximum atomic E-state index is 12.2. The summed E-state index contributed by atoms with van der Waals surface area (Å²) in [6.07, 6.45) is 2.00. The predicted molar refractivity (Wildman–Crippen MR) is 94.9 cm³/mol. The fourth-order valence-corrected chi connectivity index (χ4v) is 2.46. The van der Waals surface area contributed by atoms with Gasteiger partial charge in [-0.3, -0.25) is 9.59 Å². The molecule has 4 N–H and O–H groups in total. The van der Waals surface area contributed by atoms with Gasteiger partial charge in [0.1, 0.15) is 6.04 Å². The van der Waals surface area contributed by atoms with E-state index in [1.807, 2.05) is 30.5 Å². The normalized spacial score (nSPS) is 11.6. The minimum Gasteiger partial charge on any atom is -0.374 e. The Bertz CT molecular complexity index is 701. The molecule has 5 nitrogen and oxygen atoms in total. The van der Waals surface area contributed by atoms with Crippen LogP contribution in [0.15, 0.2) is 53.4 Å². The van der Waals surface area contributed by atoms with Gasteiger partial charge >= 0.3 is 0 Å². The number of amides is 2. The van der Waals surface area contributed by atoms with Gasteiger partial charge in [-0.2, -0.15) is 0 Å². The summed E-state index contributed by atoms with van der Waals surface area (Å²) in [5.74, 6) is -0.655. The lowest BCUT2D eigenvalue weighted by Crippen LogP contribution is -2.31. The molecular weight excluding hydrogens is 310 g/mol. The van der Waals surface area contributed by atoms with Crippen LogP contribution >= 0.6 is 11.8 Å². The Morgan fingerprint density at radius 3 is 2.39 bits per heavy atom. The van der Waals surface area contributed by atoms with Gasteiger partial charge in [0.05, 0.1) is 0 Å². The van der Waals surface area contributed by atoms with Crippen LogP contribution in [0.2, 0.25) is 0 Å². The highest BCUT2D eigenvalue weighted by Crippen LogP contribution is 2.19. The number of rotatable bonds is 6. The van der Waals surface area contributed by atoms with E-state index in [0.29, 0.717) is 11.3 Å². The summed E-state index contributed by atoms with van der Waals surface area (Å²) in [5, 5.41) is 5.96. The molecule has 0 radical (unpaired) electrons. The van der Waals surface area contributed by atoms with Gasteiger partial charge in [-0.25, -0.2) is 0 Å². The third-order valence-electron chi connectivity index (χ3n) is 3.28. The van der Waals surface area contributed by atoms with E-state index in [-0.39, 0.29) is 5.91 Å². The van der Waals surface area contributed by atoms with E-state index in [4.69, 9.17) is 5.73 Å². The highest BCUT2D eigenvalue weighted by atomic mass is 32.2. The van der Waals surface area contributed by atoms with Gasteiger partial charge in [-0.05, 0) is 55.6 Å². The Hall–Kier alpha value is -2.47. The summed E-state index contributed by atoms with van der Waals surface area (Å²) in [5.41, 5.74) is 7.10.